The summed E-state index contributed by atoms with van der Waals surface area (Å²) in [4.78, 5) is 21.8. The number of amides is 1. The van der Waals surface area contributed by atoms with E-state index in [1.165, 1.54) is 6.92 Å². The van der Waals surface area contributed by atoms with Crippen molar-refractivity contribution in [2.24, 2.45) is 0 Å². The second-order valence-corrected chi connectivity index (χ2v) is 4.69. The Hall–Kier alpha value is -2.89. The Labute approximate surface area is 128 Å². The van der Waals surface area contributed by atoms with Crippen molar-refractivity contribution in [3.8, 4) is 5.75 Å². The number of carboxylic acids is 1. The van der Waals surface area contributed by atoms with Crippen molar-refractivity contribution in [1.29, 1.82) is 0 Å². The fourth-order valence-corrected chi connectivity index (χ4v) is 1.89. The average molecular weight is 301 g/mol. The van der Waals surface area contributed by atoms with E-state index in [1.807, 2.05) is 0 Å². The topological polar surface area (TPSA) is 79.5 Å². The van der Waals surface area contributed by atoms with Gasteiger partial charge in [0.2, 0.25) is 5.91 Å². The van der Waals surface area contributed by atoms with Gasteiger partial charge in [-0.15, -0.1) is 0 Å². The largest absolute Gasteiger partial charge is 0.487 e. The second-order valence-electron chi connectivity index (χ2n) is 4.69. The van der Waals surface area contributed by atoms with Crippen LogP contribution in [0.15, 0.2) is 48.8 Å². The Morgan fingerprint density at radius 2 is 1.95 bits per heavy atom. The number of carbonyl (C=O) groups excluding carboxylic acids is 1. The molecule has 22 heavy (non-hydrogen) atoms. The monoisotopic (exact) mass is 301 g/mol. The van der Waals surface area contributed by atoms with E-state index in [-0.39, 0.29) is 11.5 Å². The van der Waals surface area contributed by atoms with Gasteiger partial charge in [0.05, 0.1) is 0 Å². The van der Waals surface area contributed by atoms with E-state index in [2.05, 4.69) is 5.32 Å². The first-order valence-electron chi connectivity index (χ1n) is 6.77. The Balaban J connectivity index is 1.87. The van der Waals surface area contributed by atoms with Crippen LogP contribution in [0.2, 0.25) is 0 Å². The molecular formula is C16H17N2O4+. The van der Waals surface area contributed by atoms with Gasteiger partial charge in [-0.05, 0) is 30.3 Å². The molecule has 6 heteroatoms. The van der Waals surface area contributed by atoms with Crippen molar-refractivity contribution < 1.29 is 24.0 Å². The molecule has 6 nitrogen and oxygen atoms in total. The molecule has 0 aliphatic rings. The molecular weight excluding hydrogens is 284 g/mol. The molecule has 0 spiro atoms. The number of hydrogen-bond donors (Lipinski definition) is 2. The molecule has 2 N–H and O–H groups in total. The maximum Gasteiger partial charge on any atom is 0.341 e. The summed E-state index contributed by atoms with van der Waals surface area (Å²) < 4.78 is 7.35. The molecule has 0 saturated carbocycles. The summed E-state index contributed by atoms with van der Waals surface area (Å²) in [6.07, 6.45) is 3.35. The van der Waals surface area contributed by atoms with E-state index in [4.69, 9.17) is 9.84 Å². The molecule has 0 radical (unpaired) electrons. The quantitative estimate of drug-likeness (QED) is 0.796. The van der Waals surface area contributed by atoms with Crippen LogP contribution in [0.25, 0.3) is 0 Å². The molecule has 2 rings (SSSR count). The highest BCUT2D eigenvalue weighted by Crippen LogP contribution is 2.15. The minimum absolute atomic E-state index is 0.122. The van der Waals surface area contributed by atoms with Crippen molar-refractivity contribution >= 4 is 17.6 Å². The number of pyridine rings is 1. The van der Waals surface area contributed by atoms with E-state index in [0.717, 1.165) is 0 Å². The van der Waals surface area contributed by atoms with E-state index in [0.29, 0.717) is 24.6 Å². The van der Waals surface area contributed by atoms with Crippen LogP contribution in [0.1, 0.15) is 17.3 Å². The minimum atomic E-state index is -0.955. The van der Waals surface area contributed by atoms with Crippen molar-refractivity contribution in [2.75, 3.05) is 11.9 Å². The molecule has 0 bridgehead atoms. The molecule has 0 aliphatic carbocycles. The number of carbonyl (C=O) groups is 2. The number of nitrogens with one attached hydrogen (secondary N) is 1. The summed E-state index contributed by atoms with van der Waals surface area (Å²) in [5.74, 6) is -0.392. The van der Waals surface area contributed by atoms with E-state index in [1.54, 1.807) is 53.4 Å². The maximum atomic E-state index is 10.9. The predicted octanol–water partition coefficient (Wildman–Crippen LogP) is 1.71. The van der Waals surface area contributed by atoms with Crippen LogP contribution >= 0.6 is 0 Å². The third-order valence-corrected chi connectivity index (χ3v) is 2.90. The summed E-state index contributed by atoms with van der Waals surface area (Å²) in [5.41, 5.74) is 0.950. The fraction of sp³-hybridized carbons (Fsp3) is 0.188. The minimum Gasteiger partial charge on any atom is -0.487 e. The lowest BCUT2D eigenvalue weighted by Gasteiger charge is -2.06. The van der Waals surface area contributed by atoms with E-state index >= 15 is 0 Å². The highest BCUT2D eigenvalue weighted by Gasteiger charge is 2.08. The molecule has 0 fully saturated rings. The number of aromatic carboxylic acids is 1. The number of hydrogen-bond acceptors (Lipinski definition) is 3. The fourth-order valence-electron chi connectivity index (χ4n) is 1.89. The van der Waals surface area contributed by atoms with Crippen LogP contribution in [-0.4, -0.2) is 23.6 Å². The lowest BCUT2D eigenvalue weighted by atomic mass is 10.3. The average Bonchev–Trinajstić information content (AvgIpc) is 2.49. The zero-order chi connectivity index (χ0) is 15.9. The number of benzene rings is 1. The van der Waals surface area contributed by atoms with Crippen molar-refractivity contribution in [3.05, 3.63) is 54.4 Å². The summed E-state index contributed by atoms with van der Waals surface area (Å²) in [7, 11) is 0. The van der Waals surface area contributed by atoms with Gasteiger partial charge in [-0.25, -0.2) is 9.36 Å². The number of aromatic nitrogens is 1. The normalized spacial score (nSPS) is 10.0. The second kappa shape index (κ2) is 7.21. The van der Waals surface area contributed by atoms with E-state index in [9.17, 15) is 9.59 Å². The Bertz CT molecular complexity index is 668. The van der Waals surface area contributed by atoms with Gasteiger partial charge in [0.15, 0.2) is 18.9 Å². The molecule has 0 aliphatic heterocycles. The first-order chi connectivity index (χ1) is 10.5. The zero-order valence-corrected chi connectivity index (χ0v) is 12.2. The highest BCUT2D eigenvalue weighted by molar-refractivity contribution is 5.88. The molecule has 0 atom stereocenters. The van der Waals surface area contributed by atoms with Gasteiger partial charge in [0.1, 0.15) is 17.9 Å². The van der Waals surface area contributed by atoms with Crippen molar-refractivity contribution in [3.63, 3.8) is 0 Å². The molecule has 0 unspecified atom stereocenters. The molecule has 1 amide bonds. The van der Waals surface area contributed by atoms with Gasteiger partial charge in [-0.2, -0.15) is 0 Å². The SMILES string of the molecule is CC(=O)Nc1ccc(OCC[n+]2cccc(C(=O)O)c2)cc1. The van der Waals surface area contributed by atoms with Gasteiger partial charge >= 0.3 is 5.97 Å². The van der Waals surface area contributed by atoms with Crippen LogP contribution in [0.4, 0.5) is 5.69 Å². The molecule has 1 aromatic carbocycles. The Kier molecular flexibility index (Phi) is 5.08. The first kappa shape index (κ1) is 15.5. The van der Waals surface area contributed by atoms with Crippen molar-refractivity contribution in [1.82, 2.24) is 0 Å². The molecule has 2 aromatic rings. The Morgan fingerprint density at radius 1 is 1.23 bits per heavy atom. The molecule has 1 aromatic heterocycles. The number of nitrogens with zero attached hydrogens (tertiary/aromatic N) is 1. The summed E-state index contributed by atoms with van der Waals surface area (Å²) in [5, 5.41) is 11.6. The van der Waals surface area contributed by atoms with E-state index < -0.39 is 5.97 Å². The van der Waals surface area contributed by atoms with Gasteiger partial charge in [0.25, 0.3) is 0 Å². The van der Waals surface area contributed by atoms with Gasteiger partial charge in [-0.3, -0.25) is 4.79 Å². The number of anilines is 1. The van der Waals surface area contributed by atoms with Crippen LogP contribution in [0.5, 0.6) is 5.75 Å². The molecule has 0 saturated heterocycles. The van der Waals surface area contributed by atoms with Crippen LogP contribution in [-0.2, 0) is 11.3 Å². The third kappa shape index (κ3) is 4.59. The number of carboxylic acid groups (broad SMARTS) is 1. The first-order valence-corrected chi connectivity index (χ1v) is 6.77. The van der Waals surface area contributed by atoms with Crippen LogP contribution < -0.4 is 14.6 Å². The lowest BCUT2D eigenvalue weighted by molar-refractivity contribution is -0.697. The predicted molar refractivity (Wildman–Crippen MR) is 79.8 cm³/mol. The highest BCUT2D eigenvalue weighted by atomic mass is 16.5. The molecule has 114 valence electrons. The lowest BCUT2D eigenvalue weighted by Crippen LogP contribution is -2.36. The van der Waals surface area contributed by atoms with Gasteiger partial charge in [-0.1, -0.05) is 0 Å². The van der Waals surface area contributed by atoms with Crippen molar-refractivity contribution in [2.45, 2.75) is 13.5 Å². The van der Waals surface area contributed by atoms with Gasteiger partial charge in [0, 0.05) is 18.7 Å². The maximum absolute atomic E-state index is 10.9. The summed E-state index contributed by atoms with van der Waals surface area (Å²) in [6, 6.07) is 10.3. The number of rotatable bonds is 6. The standard InChI is InChI=1S/C16H16N2O4/c1-12(19)17-14-4-6-15(7-5-14)22-10-9-18-8-2-3-13(11-18)16(20)21/h2-8,11H,9-10H2,1H3,(H-,17,19,20,21)/p+1. The zero-order valence-electron chi connectivity index (χ0n) is 12.2. The van der Waals surface area contributed by atoms with Crippen LogP contribution in [0.3, 0.4) is 0 Å². The smallest absolute Gasteiger partial charge is 0.341 e. The summed E-state index contributed by atoms with van der Waals surface area (Å²) in [6.45, 7) is 2.40. The Morgan fingerprint density at radius 3 is 2.59 bits per heavy atom. The third-order valence-electron chi connectivity index (χ3n) is 2.90. The number of ether oxygens (including phenoxy) is 1. The van der Waals surface area contributed by atoms with Gasteiger partial charge < -0.3 is 15.2 Å². The van der Waals surface area contributed by atoms with Crippen LogP contribution in [0, 0.1) is 0 Å². The summed E-state index contributed by atoms with van der Waals surface area (Å²) >= 11 is 0. The molecule has 1 heterocycles.